The normalized spacial score (nSPS) is 15.2. The summed E-state index contributed by atoms with van der Waals surface area (Å²) in [5.41, 5.74) is 6.95. The Morgan fingerprint density at radius 1 is 1.10 bits per heavy atom. The summed E-state index contributed by atoms with van der Waals surface area (Å²) in [6, 6.07) is 9.32. The van der Waals surface area contributed by atoms with Crippen LogP contribution < -0.4 is 10.6 Å². The van der Waals surface area contributed by atoms with Crippen LogP contribution in [-0.4, -0.2) is 56.2 Å². The highest BCUT2D eigenvalue weighted by molar-refractivity contribution is 6.30. The molecule has 1 heterocycles. The third kappa shape index (κ3) is 5.91. The number of hydrogen-bond donors (Lipinski definition) is 1. The lowest BCUT2D eigenvalue weighted by Gasteiger charge is -2.37. The summed E-state index contributed by atoms with van der Waals surface area (Å²) in [5.74, 6) is -1.37. The Kier molecular flexibility index (Phi) is 8.56. The number of nitrogens with zero attached hydrogens (tertiary/aromatic N) is 3. The van der Waals surface area contributed by atoms with Gasteiger partial charge in [0, 0.05) is 36.9 Å². The molecule has 0 aromatic heterocycles. The van der Waals surface area contributed by atoms with Crippen LogP contribution in [0.15, 0.2) is 47.3 Å². The summed E-state index contributed by atoms with van der Waals surface area (Å²) in [7, 11) is 0. The van der Waals surface area contributed by atoms with E-state index in [2.05, 4.69) is 4.90 Å². The molecule has 2 N–H and O–H groups in total. The number of ether oxygens (including phenoxy) is 2. The molecule has 30 heavy (non-hydrogen) atoms. The number of rotatable bonds is 7. The van der Waals surface area contributed by atoms with Crippen LogP contribution in [0.4, 0.5) is 5.69 Å². The molecule has 1 aromatic rings. The Morgan fingerprint density at radius 3 is 2.20 bits per heavy atom. The standard InChI is InChI=1S/C21H25ClN4O4/c1-3-29-20(27)15(14-23)13-18(21(28)30-4-2)19(24)26-11-9-25(10-12-26)17-7-5-16(22)6-8-17/h5-8,13H,3-4,9-12,24H2,1-2H3/b15-13+,19-18?. The minimum Gasteiger partial charge on any atom is -0.462 e. The number of carbonyl (C=O) groups excluding carboxylic acids is 2. The summed E-state index contributed by atoms with van der Waals surface area (Å²) in [6.45, 7) is 5.98. The minimum absolute atomic E-state index is 0.0404. The van der Waals surface area contributed by atoms with E-state index in [1.165, 1.54) is 0 Å². The fourth-order valence-electron chi connectivity index (χ4n) is 2.96. The number of esters is 2. The first-order chi connectivity index (χ1) is 14.4. The van der Waals surface area contributed by atoms with Gasteiger partial charge in [-0.2, -0.15) is 5.26 Å². The summed E-state index contributed by atoms with van der Waals surface area (Å²) in [4.78, 5) is 28.4. The van der Waals surface area contributed by atoms with E-state index in [1.54, 1.807) is 19.9 Å². The van der Waals surface area contributed by atoms with Crippen LogP contribution in [0.3, 0.4) is 0 Å². The largest absolute Gasteiger partial charge is 0.462 e. The molecule has 1 aliphatic rings. The number of anilines is 1. The van der Waals surface area contributed by atoms with Crippen molar-refractivity contribution in [2.24, 2.45) is 5.73 Å². The Bertz CT molecular complexity index is 866. The second-order valence-electron chi connectivity index (χ2n) is 6.36. The maximum Gasteiger partial charge on any atom is 0.348 e. The van der Waals surface area contributed by atoms with Gasteiger partial charge in [0.25, 0.3) is 0 Å². The molecule has 0 saturated carbocycles. The third-order valence-corrected chi connectivity index (χ3v) is 4.74. The molecule has 0 amide bonds. The van der Waals surface area contributed by atoms with Crippen LogP contribution in [0, 0.1) is 11.3 Å². The fraction of sp³-hybridized carbons (Fsp3) is 0.381. The Hall–Kier alpha value is -3.18. The van der Waals surface area contributed by atoms with Gasteiger partial charge in [0.2, 0.25) is 0 Å². The molecule has 9 heteroatoms. The molecule has 1 aromatic carbocycles. The number of halogens is 1. The van der Waals surface area contributed by atoms with Crippen molar-refractivity contribution < 1.29 is 19.1 Å². The minimum atomic E-state index is -0.817. The van der Waals surface area contributed by atoms with Gasteiger partial charge in [0.1, 0.15) is 23.0 Å². The first-order valence-electron chi connectivity index (χ1n) is 9.62. The lowest BCUT2D eigenvalue weighted by Crippen LogP contribution is -2.48. The molecule has 0 unspecified atom stereocenters. The molecular formula is C21H25ClN4O4. The van der Waals surface area contributed by atoms with Gasteiger partial charge >= 0.3 is 11.9 Å². The van der Waals surface area contributed by atoms with Gasteiger partial charge in [-0.05, 0) is 44.2 Å². The summed E-state index contributed by atoms with van der Waals surface area (Å²) >= 11 is 5.95. The van der Waals surface area contributed by atoms with Crippen molar-refractivity contribution in [3.63, 3.8) is 0 Å². The van der Waals surface area contributed by atoms with Crippen LogP contribution in [0.1, 0.15) is 13.8 Å². The molecule has 0 radical (unpaired) electrons. The van der Waals surface area contributed by atoms with E-state index in [-0.39, 0.29) is 30.2 Å². The van der Waals surface area contributed by atoms with E-state index in [0.29, 0.717) is 31.2 Å². The fourth-order valence-corrected chi connectivity index (χ4v) is 3.09. The molecule has 0 atom stereocenters. The molecule has 160 valence electrons. The van der Waals surface area contributed by atoms with E-state index in [0.717, 1.165) is 11.8 Å². The van der Waals surface area contributed by atoms with Gasteiger partial charge in [-0.3, -0.25) is 0 Å². The smallest absolute Gasteiger partial charge is 0.348 e. The lowest BCUT2D eigenvalue weighted by molar-refractivity contribution is -0.138. The summed E-state index contributed by atoms with van der Waals surface area (Å²) in [5, 5.41) is 9.96. The Labute approximate surface area is 181 Å². The van der Waals surface area contributed by atoms with E-state index in [4.69, 9.17) is 26.8 Å². The molecule has 0 bridgehead atoms. The van der Waals surface area contributed by atoms with Gasteiger partial charge in [-0.15, -0.1) is 0 Å². The van der Waals surface area contributed by atoms with Crippen LogP contribution >= 0.6 is 11.6 Å². The molecule has 0 aliphatic carbocycles. The number of nitrogens with two attached hydrogens (primary N) is 1. The highest BCUT2D eigenvalue weighted by Gasteiger charge is 2.24. The zero-order valence-electron chi connectivity index (χ0n) is 17.1. The number of nitriles is 1. The van der Waals surface area contributed by atoms with E-state index < -0.39 is 11.9 Å². The molecule has 8 nitrogen and oxygen atoms in total. The molecule has 2 rings (SSSR count). The van der Waals surface area contributed by atoms with Crippen molar-refractivity contribution in [3.05, 3.63) is 52.3 Å². The zero-order valence-corrected chi connectivity index (χ0v) is 17.8. The molecule has 1 aliphatic heterocycles. The van der Waals surface area contributed by atoms with E-state index in [1.807, 2.05) is 29.2 Å². The van der Waals surface area contributed by atoms with Crippen LogP contribution in [0.2, 0.25) is 5.02 Å². The Morgan fingerprint density at radius 2 is 1.67 bits per heavy atom. The van der Waals surface area contributed by atoms with Crippen LogP contribution in [-0.2, 0) is 19.1 Å². The van der Waals surface area contributed by atoms with Gasteiger partial charge < -0.3 is 25.0 Å². The van der Waals surface area contributed by atoms with Crippen molar-refractivity contribution in [1.29, 1.82) is 5.26 Å². The molecule has 0 spiro atoms. The highest BCUT2D eigenvalue weighted by Crippen LogP contribution is 2.21. The summed E-state index contributed by atoms with van der Waals surface area (Å²) in [6.07, 6.45) is 1.14. The second kappa shape index (κ2) is 11.1. The monoisotopic (exact) mass is 432 g/mol. The first-order valence-corrected chi connectivity index (χ1v) is 10.00. The van der Waals surface area contributed by atoms with E-state index in [9.17, 15) is 14.9 Å². The second-order valence-corrected chi connectivity index (χ2v) is 6.80. The number of hydrogen-bond acceptors (Lipinski definition) is 8. The van der Waals surface area contributed by atoms with Crippen molar-refractivity contribution >= 4 is 29.2 Å². The predicted molar refractivity (Wildman–Crippen MR) is 113 cm³/mol. The lowest BCUT2D eigenvalue weighted by atomic mass is 10.1. The molecule has 1 saturated heterocycles. The Balaban J connectivity index is 2.25. The molecule has 1 fully saturated rings. The predicted octanol–water partition coefficient (Wildman–Crippen LogP) is 2.21. The molecular weight excluding hydrogens is 408 g/mol. The summed E-state index contributed by atoms with van der Waals surface area (Å²) < 4.78 is 9.93. The van der Waals surface area contributed by atoms with E-state index >= 15 is 0 Å². The highest BCUT2D eigenvalue weighted by atomic mass is 35.5. The number of benzene rings is 1. The SMILES string of the molecule is CCOC(=O)C(/C=C(\C#N)C(=O)OCC)=C(N)N1CCN(c2ccc(Cl)cc2)CC1. The van der Waals surface area contributed by atoms with Crippen molar-refractivity contribution in [2.45, 2.75) is 13.8 Å². The maximum atomic E-state index is 12.5. The van der Waals surface area contributed by atoms with Crippen molar-refractivity contribution in [1.82, 2.24) is 4.90 Å². The average Bonchev–Trinajstić information content (AvgIpc) is 2.75. The van der Waals surface area contributed by atoms with Gasteiger partial charge in [-0.1, -0.05) is 11.6 Å². The van der Waals surface area contributed by atoms with Crippen LogP contribution in [0.5, 0.6) is 0 Å². The topological polar surface area (TPSA) is 109 Å². The van der Waals surface area contributed by atoms with Crippen molar-refractivity contribution in [3.8, 4) is 6.07 Å². The number of piperazine rings is 1. The zero-order chi connectivity index (χ0) is 22.1. The van der Waals surface area contributed by atoms with Crippen LogP contribution in [0.25, 0.3) is 0 Å². The average molecular weight is 433 g/mol. The third-order valence-electron chi connectivity index (χ3n) is 4.49. The van der Waals surface area contributed by atoms with Gasteiger partial charge in [0.15, 0.2) is 0 Å². The van der Waals surface area contributed by atoms with Crippen molar-refractivity contribution in [2.75, 3.05) is 44.3 Å². The number of carbonyl (C=O) groups is 2. The first kappa shape index (κ1) is 23.1. The van der Waals surface area contributed by atoms with Gasteiger partial charge in [0.05, 0.1) is 13.2 Å². The van der Waals surface area contributed by atoms with Gasteiger partial charge in [-0.25, -0.2) is 9.59 Å². The maximum absolute atomic E-state index is 12.5. The quantitative estimate of drug-likeness (QED) is 0.302.